The molecule has 0 spiro atoms. The fourth-order valence-corrected chi connectivity index (χ4v) is 5.00. The molecule has 9 nitrogen and oxygen atoms in total. The lowest BCUT2D eigenvalue weighted by atomic mass is 9.85. The molecular weight excluding hydrogens is 439 g/mol. The summed E-state index contributed by atoms with van der Waals surface area (Å²) in [6.45, 7) is 6.50. The zero-order valence-electron chi connectivity index (χ0n) is 19.7. The number of fused-ring (bicyclic) bond motifs is 1. The molecule has 2 aliphatic rings. The predicted molar refractivity (Wildman–Crippen MR) is 127 cm³/mol. The molecule has 3 aromatic rings. The number of aliphatic hydroxyl groups is 1. The molecule has 0 amide bonds. The van der Waals surface area contributed by atoms with Gasteiger partial charge in [-0.15, -0.1) is 0 Å². The second kappa shape index (κ2) is 9.81. The number of methoxy groups -OCH3 is 1. The highest BCUT2D eigenvalue weighted by Gasteiger charge is 2.31. The van der Waals surface area contributed by atoms with Gasteiger partial charge < -0.3 is 19.5 Å². The molecule has 10 heteroatoms. The lowest BCUT2D eigenvalue weighted by Crippen LogP contribution is -2.42. The number of rotatable bonds is 6. The number of β-amino-alcohol motifs (C(OH)–C–C–N with tert-alkyl or cyclic N) is 1. The Hall–Kier alpha value is -2.82. The van der Waals surface area contributed by atoms with Crippen LogP contribution < -0.4 is 9.64 Å². The Morgan fingerprint density at radius 1 is 1.15 bits per heavy atom. The van der Waals surface area contributed by atoms with Gasteiger partial charge in [-0.1, -0.05) is 0 Å². The standard InChI is InChI=1S/C24H31FN6O3/c1-16-11-17-14-26-31(21(17)12-19(16)18-3-4-29(5-8-32)15-20(18)25)23-13-22(27-24(28-23)33-2)30-6-9-34-10-7-30/h11-14,18,20,32H,3-10,15H2,1-2H3. The summed E-state index contributed by atoms with van der Waals surface area (Å²) >= 11 is 0. The van der Waals surface area contributed by atoms with E-state index < -0.39 is 6.17 Å². The van der Waals surface area contributed by atoms with Crippen molar-refractivity contribution >= 4 is 16.7 Å². The third kappa shape index (κ3) is 4.45. The quantitative estimate of drug-likeness (QED) is 0.586. The number of morpholine rings is 1. The van der Waals surface area contributed by atoms with Crippen molar-refractivity contribution in [2.24, 2.45) is 0 Å². The fourth-order valence-electron chi connectivity index (χ4n) is 5.00. The molecule has 0 saturated carbocycles. The van der Waals surface area contributed by atoms with Crippen molar-refractivity contribution in [3.63, 3.8) is 0 Å². The van der Waals surface area contributed by atoms with Crippen molar-refractivity contribution in [3.05, 3.63) is 35.5 Å². The van der Waals surface area contributed by atoms with E-state index in [2.05, 4.69) is 32.1 Å². The maximum Gasteiger partial charge on any atom is 0.320 e. The number of aryl methyl sites for hydroxylation is 1. The molecular formula is C24H31FN6O3. The summed E-state index contributed by atoms with van der Waals surface area (Å²) in [5.41, 5.74) is 2.93. The topological polar surface area (TPSA) is 88.8 Å². The number of aromatic nitrogens is 4. The van der Waals surface area contributed by atoms with E-state index in [1.807, 2.05) is 24.1 Å². The van der Waals surface area contributed by atoms with Gasteiger partial charge in [0.05, 0.1) is 38.6 Å². The summed E-state index contributed by atoms with van der Waals surface area (Å²) in [7, 11) is 1.55. The minimum Gasteiger partial charge on any atom is -0.467 e. The SMILES string of the molecule is COc1nc(N2CCOCC2)cc(-n2ncc3cc(C)c(C4CCN(CCO)CC4F)cc32)n1. The van der Waals surface area contributed by atoms with Crippen LogP contribution in [0.15, 0.2) is 24.4 Å². The molecule has 4 heterocycles. The lowest BCUT2D eigenvalue weighted by molar-refractivity contribution is 0.0994. The monoisotopic (exact) mass is 470 g/mol. The normalized spacial score (nSPS) is 21.8. The first-order chi connectivity index (χ1) is 16.6. The molecule has 1 N–H and O–H groups in total. The van der Waals surface area contributed by atoms with Crippen molar-refractivity contribution < 1.29 is 19.0 Å². The van der Waals surface area contributed by atoms with E-state index in [1.165, 1.54) is 0 Å². The second-order valence-corrected chi connectivity index (χ2v) is 8.93. The first kappa shape index (κ1) is 22.9. The fraction of sp³-hybridized carbons (Fsp3) is 0.542. The average molecular weight is 471 g/mol. The predicted octanol–water partition coefficient (Wildman–Crippen LogP) is 2.09. The number of halogens is 1. The van der Waals surface area contributed by atoms with E-state index in [-0.39, 0.29) is 18.5 Å². The third-order valence-electron chi connectivity index (χ3n) is 6.81. The molecule has 2 saturated heterocycles. The maximum absolute atomic E-state index is 15.2. The minimum absolute atomic E-state index is 0.0520. The van der Waals surface area contributed by atoms with Crippen LogP contribution in [0.4, 0.5) is 10.2 Å². The number of hydrogen-bond donors (Lipinski definition) is 1. The Labute approximate surface area is 198 Å². The average Bonchev–Trinajstić information content (AvgIpc) is 3.27. The highest BCUT2D eigenvalue weighted by molar-refractivity contribution is 5.82. The van der Waals surface area contributed by atoms with Crippen molar-refractivity contribution in [3.8, 4) is 11.8 Å². The van der Waals surface area contributed by atoms with Gasteiger partial charge in [-0.25, -0.2) is 9.07 Å². The van der Waals surface area contributed by atoms with Gasteiger partial charge in [-0.2, -0.15) is 15.1 Å². The van der Waals surface area contributed by atoms with E-state index in [0.717, 1.165) is 47.5 Å². The van der Waals surface area contributed by atoms with Gasteiger partial charge in [0.1, 0.15) is 12.0 Å². The molecule has 2 fully saturated rings. The van der Waals surface area contributed by atoms with Gasteiger partial charge in [0.15, 0.2) is 5.82 Å². The Balaban J connectivity index is 1.52. The highest BCUT2D eigenvalue weighted by atomic mass is 19.1. The Bertz CT molecular complexity index is 1150. The van der Waals surface area contributed by atoms with Crippen molar-refractivity contribution in [1.29, 1.82) is 0 Å². The number of alkyl halides is 1. The molecule has 2 aromatic heterocycles. The molecule has 0 bridgehead atoms. The largest absolute Gasteiger partial charge is 0.467 e. The number of nitrogens with zero attached hydrogens (tertiary/aromatic N) is 6. The van der Waals surface area contributed by atoms with Crippen molar-refractivity contribution in [2.75, 3.05) is 64.6 Å². The molecule has 0 radical (unpaired) electrons. The van der Waals surface area contributed by atoms with Crippen LogP contribution in [0.1, 0.15) is 23.5 Å². The van der Waals surface area contributed by atoms with Crippen LogP contribution >= 0.6 is 0 Å². The van der Waals surface area contributed by atoms with E-state index >= 15 is 4.39 Å². The minimum atomic E-state index is -0.986. The lowest BCUT2D eigenvalue weighted by Gasteiger charge is -2.35. The second-order valence-electron chi connectivity index (χ2n) is 8.93. The van der Waals surface area contributed by atoms with Gasteiger partial charge in [-0.05, 0) is 43.1 Å². The summed E-state index contributed by atoms with van der Waals surface area (Å²) in [6, 6.07) is 6.31. The first-order valence-corrected chi connectivity index (χ1v) is 11.8. The van der Waals surface area contributed by atoms with E-state index in [4.69, 9.17) is 9.47 Å². The maximum atomic E-state index is 15.2. The van der Waals surface area contributed by atoms with Gasteiger partial charge in [-0.3, -0.25) is 4.90 Å². The van der Waals surface area contributed by atoms with Crippen molar-refractivity contribution in [1.82, 2.24) is 24.6 Å². The highest BCUT2D eigenvalue weighted by Crippen LogP contribution is 2.35. The van der Waals surface area contributed by atoms with Crippen LogP contribution in [0.25, 0.3) is 16.7 Å². The van der Waals surface area contributed by atoms with Crippen LogP contribution in [-0.2, 0) is 4.74 Å². The molecule has 34 heavy (non-hydrogen) atoms. The molecule has 2 unspecified atom stereocenters. The number of aliphatic hydroxyl groups excluding tert-OH is 1. The summed E-state index contributed by atoms with van der Waals surface area (Å²) in [5.74, 6) is 1.18. The Morgan fingerprint density at radius 2 is 1.94 bits per heavy atom. The molecule has 1 aromatic carbocycles. The Kier molecular flexibility index (Phi) is 6.62. The van der Waals surface area contributed by atoms with Gasteiger partial charge in [0.25, 0.3) is 0 Å². The number of ether oxygens (including phenoxy) is 2. The van der Waals surface area contributed by atoms with Crippen LogP contribution in [0.3, 0.4) is 0 Å². The number of hydrogen-bond acceptors (Lipinski definition) is 8. The molecule has 0 aliphatic carbocycles. The number of piperidine rings is 1. The van der Waals surface area contributed by atoms with Crippen LogP contribution in [0.5, 0.6) is 6.01 Å². The molecule has 2 atom stereocenters. The molecule has 2 aliphatic heterocycles. The zero-order valence-corrected chi connectivity index (χ0v) is 19.7. The van der Waals surface area contributed by atoms with Gasteiger partial charge in [0, 0.05) is 43.5 Å². The van der Waals surface area contributed by atoms with Gasteiger partial charge >= 0.3 is 6.01 Å². The Morgan fingerprint density at radius 3 is 2.68 bits per heavy atom. The molecule has 5 rings (SSSR count). The third-order valence-corrected chi connectivity index (χ3v) is 6.81. The number of likely N-dealkylation sites (tertiary alicyclic amines) is 1. The molecule has 182 valence electrons. The van der Waals surface area contributed by atoms with Crippen LogP contribution in [0, 0.1) is 6.92 Å². The number of anilines is 1. The van der Waals surface area contributed by atoms with Crippen molar-refractivity contribution in [2.45, 2.75) is 25.4 Å². The first-order valence-electron chi connectivity index (χ1n) is 11.8. The summed E-state index contributed by atoms with van der Waals surface area (Å²) in [4.78, 5) is 13.2. The van der Waals surface area contributed by atoms with Crippen LogP contribution in [0.2, 0.25) is 0 Å². The smallest absolute Gasteiger partial charge is 0.320 e. The van der Waals surface area contributed by atoms with E-state index in [1.54, 1.807) is 11.8 Å². The van der Waals surface area contributed by atoms with E-state index in [9.17, 15) is 5.11 Å². The zero-order chi connectivity index (χ0) is 23.7. The summed E-state index contributed by atoms with van der Waals surface area (Å²) < 4.78 is 27.8. The summed E-state index contributed by atoms with van der Waals surface area (Å²) in [6.07, 6.45) is 1.54. The van der Waals surface area contributed by atoms with Gasteiger partial charge in [0.2, 0.25) is 0 Å². The van der Waals surface area contributed by atoms with Crippen LogP contribution in [-0.4, -0.2) is 95.6 Å². The van der Waals surface area contributed by atoms with E-state index in [0.29, 0.717) is 38.5 Å². The number of benzene rings is 1. The summed E-state index contributed by atoms with van der Waals surface area (Å²) in [5, 5.41) is 14.8.